The molecule has 9 nitrogen and oxygen atoms in total. The fourth-order valence-electron chi connectivity index (χ4n) is 10.4. The van der Waals surface area contributed by atoms with Gasteiger partial charge in [-0.3, -0.25) is 12.7 Å². The number of nitrogens with zero attached hydrogens (tertiary/aromatic N) is 3. The van der Waals surface area contributed by atoms with Gasteiger partial charge in [-0.05, 0) is 87.7 Å². The maximum absolute atomic E-state index is 14.7. The van der Waals surface area contributed by atoms with E-state index in [-0.39, 0.29) is 28.8 Å². The first-order chi connectivity index (χ1) is 31.3. The molecule has 5 aromatic carbocycles. The molecule has 0 saturated carbocycles. The van der Waals surface area contributed by atoms with E-state index in [4.69, 9.17) is 0 Å². The van der Waals surface area contributed by atoms with Gasteiger partial charge in [0.2, 0.25) is 0 Å². The lowest BCUT2D eigenvalue weighted by molar-refractivity contribution is -0.0473. The highest BCUT2D eigenvalue weighted by molar-refractivity contribution is 7.90. The van der Waals surface area contributed by atoms with Crippen molar-refractivity contribution in [3.05, 3.63) is 155 Å². The van der Waals surface area contributed by atoms with E-state index in [9.17, 15) is 39.1 Å². The van der Waals surface area contributed by atoms with Gasteiger partial charge in [0.25, 0.3) is 0 Å². The van der Waals surface area contributed by atoms with Gasteiger partial charge in [0.15, 0.2) is 0 Å². The number of hydrogen-bond donors (Lipinski definition) is 0. The van der Waals surface area contributed by atoms with Crippen LogP contribution in [0.4, 0.5) is 24.5 Å². The Balaban J connectivity index is 1.30. The van der Waals surface area contributed by atoms with Crippen LogP contribution >= 0.6 is 0 Å². The number of anilines is 2. The molecule has 0 radical (unpaired) electrons. The zero-order valence-electron chi connectivity index (χ0n) is 37.4. The van der Waals surface area contributed by atoms with Crippen LogP contribution in [-0.2, 0) is 43.0 Å². The zero-order valence-corrected chi connectivity index (χ0v) is 39.9. The molecule has 348 valence electrons. The van der Waals surface area contributed by atoms with Crippen molar-refractivity contribution >= 4 is 76.3 Å². The van der Waals surface area contributed by atoms with Gasteiger partial charge in [0.05, 0.1) is 11.7 Å². The van der Waals surface area contributed by atoms with Gasteiger partial charge in [-0.1, -0.05) is 153 Å². The summed E-state index contributed by atoms with van der Waals surface area (Å²) in [5, 5.41) is 4.18. The minimum atomic E-state index is -5.91. The molecule has 3 atom stereocenters. The fourth-order valence-corrected chi connectivity index (χ4v) is 12.0. The lowest BCUT2D eigenvalue weighted by Gasteiger charge is -2.33. The Morgan fingerprint density at radius 1 is 0.712 bits per heavy atom. The quantitative estimate of drug-likeness (QED) is 0.0751. The minimum absolute atomic E-state index is 0.00813. The first kappa shape index (κ1) is 47.4. The van der Waals surface area contributed by atoms with Crippen molar-refractivity contribution in [2.75, 3.05) is 41.4 Å². The number of benzene rings is 5. The molecule has 0 spiro atoms. The molecular formula is C51H52F3N3O6S3-2. The second-order valence-electron chi connectivity index (χ2n) is 18.1. The van der Waals surface area contributed by atoms with Crippen molar-refractivity contribution in [2.45, 2.75) is 75.8 Å². The van der Waals surface area contributed by atoms with Gasteiger partial charge in [-0.25, -0.2) is 0 Å². The Morgan fingerprint density at radius 2 is 1.26 bits per heavy atom. The van der Waals surface area contributed by atoms with E-state index in [1.165, 1.54) is 0 Å². The molecule has 0 bridgehead atoms. The summed E-state index contributed by atoms with van der Waals surface area (Å²) in [6.07, 6.45) is 9.26. The predicted molar refractivity (Wildman–Crippen MR) is 260 cm³/mol. The maximum atomic E-state index is 14.7. The average molecular weight is 956 g/mol. The molecule has 2 aliphatic heterocycles. The molecule has 8 rings (SSSR count). The van der Waals surface area contributed by atoms with Crippen LogP contribution in [0.25, 0.3) is 32.7 Å². The Kier molecular flexibility index (Phi) is 13.1. The molecule has 5 aromatic rings. The van der Waals surface area contributed by atoms with Crippen molar-refractivity contribution in [3.8, 4) is 0 Å². The average Bonchev–Trinajstić information content (AvgIpc) is 3.79. The molecular weight excluding hydrogens is 904 g/mol. The number of allylic oxidation sites excluding steroid dienone is 6. The Hall–Kier alpha value is -5.06. The van der Waals surface area contributed by atoms with E-state index in [0.29, 0.717) is 59.8 Å². The number of alkyl halides is 3. The third kappa shape index (κ3) is 8.46. The zero-order chi connectivity index (χ0) is 47.3. The van der Waals surface area contributed by atoms with Crippen LogP contribution in [0.3, 0.4) is 0 Å². The second kappa shape index (κ2) is 18.2. The first-order valence-electron chi connectivity index (χ1n) is 22.0. The molecule has 15 heteroatoms. The largest absolute Gasteiger partial charge is 0.772 e. The summed E-state index contributed by atoms with van der Waals surface area (Å²) in [5.74, 6) is 0.0238. The van der Waals surface area contributed by atoms with E-state index in [2.05, 4.69) is 61.8 Å². The predicted octanol–water partition coefficient (Wildman–Crippen LogP) is 10.6. The fraction of sp³-hybridized carbons (Fsp3) is 0.333. The van der Waals surface area contributed by atoms with Crippen LogP contribution in [0.15, 0.2) is 133 Å². The number of sulfonamides is 1. The van der Waals surface area contributed by atoms with Gasteiger partial charge in [-0.2, -0.15) is 21.6 Å². The molecule has 3 aliphatic rings. The Labute approximate surface area is 390 Å². The molecule has 0 aromatic heterocycles. The van der Waals surface area contributed by atoms with Crippen molar-refractivity contribution in [1.82, 2.24) is 4.31 Å². The molecule has 0 saturated heterocycles. The monoisotopic (exact) mass is 955 g/mol. The third-order valence-electron chi connectivity index (χ3n) is 13.4. The number of unbranched alkanes of at least 4 members (excludes halogenated alkanes) is 2. The van der Waals surface area contributed by atoms with Crippen LogP contribution < -0.4 is 9.80 Å². The molecule has 0 N–H and O–H groups in total. The maximum Gasteiger partial charge on any atom is 0.516 e. The van der Waals surface area contributed by atoms with Crippen LogP contribution in [0.2, 0.25) is 0 Å². The van der Waals surface area contributed by atoms with Gasteiger partial charge in [-0.15, -0.1) is 0 Å². The van der Waals surface area contributed by atoms with E-state index in [0.717, 1.165) is 56.8 Å². The number of fused-ring (bicyclic) bond motifs is 7. The second-order valence-corrected chi connectivity index (χ2v) is 22.1. The van der Waals surface area contributed by atoms with E-state index in [1.54, 1.807) is 36.4 Å². The molecule has 3 unspecified atom stereocenters. The topological polar surface area (TPSA) is 124 Å². The normalized spacial score (nSPS) is 19.9. The number of likely N-dealkylation sites (N-methyl/N-ethyl adjacent to an activating group) is 1. The summed E-state index contributed by atoms with van der Waals surface area (Å²) in [6, 6.07) is 31.0. The molecule has 2 heterocycles. The number of hydrogen-bond acceptors (Lipinski definition) is 8. The third-order valence-corrected chi connectivity index (χ3v) is 16.2. The summed E-state index contributed by atoms with van der Waals surface area (Å²) < 4.78 is 117. The Morgan fingerprint density at radius 3 is 1.86 bits per heavy atom. The summed E-state index contributed by atoms with van der Waals surface area (Å²) in [6.45, 7) is 9.37. The minimum Gasteiger partial charge on any atom is -0.772 e. The SMILES string of the molecule is CN(C1=C(/C=C/C2N(CCCCS(=O)[O-])c3ccc4ccccc4c3C2(C)C)c2ccccc2/C1=C\C=C1\N(CCCCS(=O)[O-])c2ccc3ccccc3c2C1(C)C)S(=O)(=O)C(F)(F)F. The van der Waals surface area contributed by atoms with Crippen molar-refractivity contribution in [3.63, 3.8) is 0 Å². The number of rotatable bonds is 15. The highest BCUT2D eigenvalue weighted by atomic mass is 32.2. The molecule has 0 amide bonds. The van der Waals surface area contributed by atoms with E-state index in [1.807, 2.05) is 60.7 Å². The van der Waals surface area contributed by atoms with Crippen LogP contribution in [0.1, 0.15) is 75.6 Å². The van der Waals surface area contributed by atoms with Crippen LogP contribution in [0.5, 0.6) is 0 Å². The highest BCUT2D eigenvalue weighted by Crippen LogP contribution is 2.53. The van der Waals surface area contributed by atoms with Gasteiger partial charge >= 0.3 is 15.5 Å². The molecule has 0 fully saturated rings. The van der Waals surface area contributed by atoms with Gasteiger partial charge in [0, 0.05) is 70.7 Å². The summed E-state index contributed by atoms with van der Waals surface area (Å²) in [7, 11) is -4.96. The summed E-state index contributed by atoms with van der Waals surface area (Å²) in [5.41, 5.74) is -0.359. The first-order valence-corrected chi connectivity index (χ1v) is 25.9. The van der Waals surface area contributed by atoms with Crippen LogP contribution in [0, 0.1) is 0 Å². The van der Waals surface area contributed by atoms with E-state index < -0.39 is 48.5 Å². The molecule has 1 aliphatic carbocycles. The van der Waals surface area contributed by atoms with Crippen LogP contribution in [-0.4, -0.2) is 73.4 Å². The Bertz CT molecular complexity index is 3010. The highest BCUT2D eigenvalue weighted by Gasteiger charge is 2.51. The number of halogens is 3. The summed E-state index contributed by atoms with van der Waals surface area (Å²) >= 11 is -4.39. The molecule has 66 heavy (non-hydrogen) atoms. The van der Waals surface area contributed by atoms with Crippen molar-refractivity contribution < 1.29 is 39.1 Å². The lowest BCUT2D eigenvalue weighted by Crippen LogP contribution is -2.40. The smallest absolute Gasteiger partial charge is 0.516 e. The van der Waals surface area contributed by atoms with Gasteiger partial charge in [0.1, 0.15) is 0 Å². The van der Waals surface area contributed by atoms with Crippen molar-refractivity contribution in [1.29, 1.82) is 0 Å². The lowest BCUT2D eigenvalue weighted by atomic mass is 9.78. The summed E-state index contributed by atoms with van der Waals surface area (Å²) in [4.78, 5) is 4.36. The van der Waals surface area contributed by atoms with E-state index >= 15 is 0 Å². The standard InChI is InChI=1S/C51H54F3N3O6S3/c1-49(2)44(56(30-12-14-32-64(58)59)42-26-22-34-16-6-8-18-36(34)46(42)49)28-24-40-38-20-10-11-21-39(38)41(48(40)55(5)66(62,63)51(52,53)54)25-29-45-50(3,4)47-37-19-9-7-17-35(37)23-27-43(47)57(45)31-13-15-33-65(60)61/h6-11,16-29,44H,12-15,30-33H2,1-5H3,(H,58,59)(H,60,61)/p-2/b28-24+,41-25+,45-29+. The van der Waals surface area contributed by atoms with Crippen molar-refractivity contribution in [2.24, 2.45) is 0 Å². The van der Waals surface area contributed by atoms with Gasteiger partial charge < -0.3 is 18.9 Å².